The highest BCUT2D eigenvalue weighted by molar-refractivity contribution is 5.28. The van der Waals surface area contributed by atoms with Crippen LogP contribution in [0.15, 0.2) is 24.3 Å². The molecule has 84 valence electrons. The van der Waals surface area contributed by atoms with Crippen LogP contribution in [0.5, 0.6) is 5.75 Å². The van der Waals surface area contributed by atoms with E-state index in [0.29, 0.717) is 5.56 Å². The number of aliphatic hydroxyl groups is 1. The third kappa shape index (κ3) is 3.47. The molecule has 4 heteroatoms. The summed E-state index contributed by atoms with van der Waals surface area (Å²) in [6.07, 6.45) is -0.578. The molecule has 0 fully saturated rings. The molecule has 0 saturated carbocycles. The quantitative estimate of drug-likeness (QED) is 0.838. The van der Waals surface area contributed by atoms with Gasteiger partial charge in [0, 0.05) is 0 Å². The fourth-order valence-electron chi connectivity index (χ4n) is 1.23. The Labute approximate surface area is 87.5 Å². The molecule has 0 aromatic heterocycles. The van der Waals surface area contributed by atoms with Crippen LogP contribution >= 0.6 is 0 Å². The van der Waals surface area contributed by atoms with Crippen LogP contribution in [0, 0.1) is 5.92 Å². The van der Waals surface area contributed by atoms with Crippen molar-refractivity contribution in [3.8, 4) is 5.75 Å². The van der Waals surface area contributed by atoms with Crippen molar-refractivity contribution in [3.63, 3.8) is 0 Å². The molecule has 1 N–H and O–H groups in total. The first kappa shape index (κ1) is 11.9. The molecular formula is C11H14F2O2. The molecule has 15 heavy (non-hydrogen) atoms. The van der Waals surface area contributed by atoms with Crippen LogP contribution in [-0.2, 0) is 0 Å². The molecule has 0 spiro atoms. The summed E-state index contributed by atoms with van der Waals surface area (Å²) < 4.78 is 27.9. The van der Waals surface area contributed by atoms with Crippen LogP contribution in [0.2, 0.25) is 0 Å². The predicted molar refractivity (Wildman–Crippen MR) is 52.9 cm³/mol. The van der Waals surface area contributed by atoms with Crippen molar-refractivity contribution in [1.82, 2.24) is 0 Å². The molecule has 0 heterocycles. The third-order valence-corrected chi connectivity index (χ3v) is 2.08. The van der Waals surface area contributed by atoms with E-state index in [0.717, 1.165) is 0 Å². The molecule has 0 radical (unpaired) electrons. The molecule has 0 amide bonds. The minimum atomic E-state index is -2.81. The fourth-order valence-corrected chi connectivity index (χ4v) is 1.23. The molecular weight excluding hydrogens is 202 g/mol. The summed E-state index contributed by atoms with van der Waals surface area (Å²) in [5.41, 5.74) is 0.701. The molecule has 1 aromatic rings. The van der Waals surface area contributed by atoms with E-state index in [2.05, 4.69) is 4.74 Å². The average molecular weight is 216 g/mol. The van der Waals surface area contributed by atoms with Crippen molar-refractivity contribution in [2.45, 2.75) is 26.6 Å². The van der Waals surface area contributed by atoms with Gasteiger partial charge in [-0.2, -0.15) is 8.78 Å². The maximum Gasteiger partial charge on any atom is 0.387 e. The van der Waals surface area contributed by atoms with Gasteiger partial charge in [0.05, 0.1) is 6.10 Å². The lowest BCUT2D eigenvalue weighted by atomic mass is 9.99. The number of alkyl halides is 2. The van der Waals surface area contributed by atoms with Crippen LogP contribution < -0.4 is 4.74 Å². The molecule has 1 atom stereocenters. The van der Waals surface area contributed by atoms with E-state index >= 15 is 0 Å². The molecule has 0 aliphatic carbocycles. The van der Waals surface area contributed by atoms with E-state index in [1.165, 1.54) is 12.1 Å². The van der Waals surface area contributed by atoms with Gasteiger partial charge in [0.25, 0.3) is 0 Å². The highest BCUT2D eigenvalue weighted by Crippen LogP contribution is 2.23. The van der Waals surface area contributed by atoms with Crippen LogP contribution in [0.4, 0.5) is 8.78 Å². The van der Waals surface area contributed by atoms with Gasteiger partial charge in [-0.15, -0.1) is 0 Å². The van der Waals surface area contributed by atoms with Crippen molar-refractivity contribution < 1.29 is 18.6 Å². The van der Waals surface area contributed by atoms with Gasteiger partial charge in [-0.3, -0.25) is 0 Å². The minimum Gasteiger partial charge on any atom is -0.435 e. The average Bonchev–Trinajstić information content (AvgIpc) is 2.17. The lowest BCUT2D eigenvalue weighted by Gasteiger charge is -2.15. The Kier molecular flexibility index (Phi) is 4.03. The third-order valence-electron chi connectivity index (χ3n) is 2.08. The summed E-state index contributed by atoms with van der Waals surface area (Å²) in [4.78, 5) is 0. The highest BCUT2D eigenvalue weighted by atomic mass is 19.3. The second-order valence-electron chi connectivity index (χ2n) is 3.64. The van der Waals surface area contributed by atoms with Gasteiger partial charge in [0.2, 0.25) is 0 Å². The maximum absolute atomic E-state index is 11.8. The Morgan fingerprint density at radius 3 is 2.07 bits per heavy atom. The van der Waals surface area contributed by atoms with E-state index in [-0.39, 0.29) is 11.7 Å². The van der Waals surface area contributed by atoms with E-state index in [1.54, 1.807) is 12.1 Å². The van der Waals surface area contributed by atoms with Crippen molar-refractivity contribution >= 4 is 0 Å². The number of aliphatic hydroxyl groups excluding tert-OH is 1. The van der Waals surface area contributed by atoms with Gasteiger partial charge in [0.1, 0.15) is 5.75 Å². The van der Waals surface area contributed by atoms with Gasteiger partial charge in [-0.1, -0.05) is 26.0 Å². The largest absolute Gasteiger partial charge is 0.435 e. The molecule has 1 unspecified atom stereocenters. The molecule has 0 aliphatic rings. The fraction of sp³-hybridized carbons (Fsp3) is 0.455. The second-order valence-corrected chi connectivity index (χ2v) is 3.64. The molecule has 0 bridgehead atoms. The van der Waals surface area contributed by atoms with Crippen molar-refractivity contribution in [3.05, 3.63) is 29.8 Å². The van der Waals surface area contributed by atoms with Gasteiger partial charge >= 0.3 is 6.61 Å². The summed E-state index contributed by atoms with van der Waals surface area (Å²) in [5.74, 6) is 0.191. The van der Waals surface area contributed by atoms with Gasteiger partial charge < -0.3 is 9.84 Å². The Balaban J connectivity index is 2.72. The second kappa shape index (κ2) is 5.07. The van der Waals surface area contributed by atoms with Crippen molar-refractivity contribution in [2.75, 3.05) is 0 Å². The number of rotatable bonds is 4. The number of ether oxygens (including phenoxy) is 1. The SMILES string of the molecule is CC(C)C(O)c1ccc(OC(F)F)cc1. The van der Waals surface area contributed by atoms with Crippen LogP contribution in [0.25, 0.3) is 0 Å². The van der Waals surface area contributed by atoms with Gasteiger partial charge in [0.15, 0.2) is 0 Å². The first-order valence-corrected chi connectivity index (χ1v) is 4.73. The van der Waals surface area contributed by atoms with Crippen LogP contribution in [0.1, 0.15) is 25.5 Å². The summed E-state index contributed by atoms with van der Waals surface area (Å²) >= 11 is 0. The van der Waals surface area contributed by atoms with E-state index in [4.69, 9.17) is 0 Å². The minimum absolute atomic E-state index is 0.0897. The summed E-state index contributed by atoms with van der Waals surface area (Å²) in [7, 11) is 0. The number of halogens is 2. The standard InChI is InChI=1S/C11H14F2O2/c1-7(2)10(14)8-3-5-9(6-4-8)15-11(12)13/h3-7,10-11,14H,1-2H3. The van der Waals surface area contributed by atoms with Gasteiger partial charge in [-0.05, 0) is 23.6 Å². The lowest BCUT2D eigenvalue weighted by Crippen LogP contribution is -2.06. The van der Waals surface area contributed by atoms with E-state index in [9.17, 15) is 13.9 Å². The first-order valence-electron chi connectivity index (χ1n) is 4.73. The zero-order valence-corrected chi connectivity index (χ0v) is 8.65. The zero-order chi connectivity index (χ0) is 11.4. The summed E-state index contributed by atoms with van der Waals surface area (Å²) in [6.45, 7) is 0.952. The zero-order valence-electron chi connectivity index (χ0n) is 8.65. The number of hydrogen-bond donors (Lipinski definition) is 1. The first-order chi connectivity index (χ1) is 7.00. The van der Waals surface area contributed by atoms with Gasteiger partial charge in [-0.25, -0.2) is 0 Å². The normalized spacial score (nSPS) is 13.3. The Bertz CT molecular complexity index is 296. The summed E-state index contributed by atoms with van der Waals surface area (Å²) in [6, 6.07) is 6.02. The molecule has 1 aromatic carbocycles. The Morgan fingerprint density at radius 2 is 1.67 bits per heavy atom. The summed E-state index contributed by atoms with van der Waals surface area (Å²) in [5, 5.41) is 9.68. The van der Waals surface area contributed by atoms with E-state index < -0.39 is 12.7 Å². The molecule has 1 rings (SSSR count). The van der Waals surface area contributed by atoms with E-state index in [1.807, 2.05) is 13.8 Å². The van der Waals surface area contributed by atoms with Crippen LogP contribution in [-0.4, -0.2) is 11.7 Å². The smallest absolute Gasteiger partial charge is 0.387 e. The monoisotopic (exact) mass is 216 g/mol. The Morgan fingerprint density at radius 1 is 1.13 bits per heavy atom. The lowest BCUT2D eigenvalue weighted by molar-refractivity contribution is -0.0498. The van der Waals surface area contributed by atoms with Crippen molar-refractivity contribution in [2.24, 2.45) is 5.92 Å². The predicted octanol–water partition coefficient (Wildman–Crippen LogP) is 2.98. The highest BCUT2D eigenvalue weighted by Gasteiger charge is 2.12. The maximum atomic E-state index is 11.8. The Hall–Kier alpha value is -1.16. The van der Waals surface area contributed by atoms with Crippen molar-refractivity contribution in [1.29, 1.82) is 0 Å². The number of benzene rings is 1. The molecule has 0 aliphatic heterocycles. The topological polar surface area (TPSA) is 29.5 Å². The molecule has 2 nitrogen and oxygen atoms in total. The number of hydrogen-bond acceptors (Lipinski definition) is 2. The molecule has 0 saturated heterocycles. The van der Waals surface area contributed by atoms with Crippen LogP contribution in [0.3, 0.4) is 0 Å².